The van der Waals surface area contributed by atoms with Crippen LogP contribution in [0.5, 0.6) is 5.75 Å². The predicted molar refractivity (Wildman–Crippen MR) is 78.9 cm³/mol. The molecule has 1 aromatic rings. The normalized spacial score (nSPS) is 10.1. The number of nitrogens with two attached hydrogens (primary N) is 1. The van der Waals surface area contributed by atoms with Crippen LogP contribution in [0.2, 0.25) is 0 Å². The van der Waals surface area contributed by atoms with E-state index in [-0.39, 0.29) is 5.11 Å². The first-order valence-corrected chi connectivity index (χ1v) is 6.31. The van der Waals surface area contributed by atoms with Gasteiger partial charge in [0.25, 0.3) is 0 Å². The Morgan fingerprint density at radius 3 is 2.79 bits per heavy atom. The monoisotopic (exact) mass is 276 g/mol. The Kier molecular flexibility index (Phi) is 6.98. The summed E-state index contributed by atoms with van der Waals surface area (Å²) in [5, 5.41) is 12.4. The van der Waals surface area contributed by atoms with Crippen LogP contribution in [0.1, 0.15) is 24.8 Å². The lowest BCUT2D eigenvalue weighted by atomic mass is 10.2. The zero-order chi connectivity index (χ0) is 13.9. The number of hydrazone groups is 1. The molecular weight excluding hydrogens is 260 g/mol. The van der Waals surface area contributed by atoms with Crippen molar-refractivity contribution in [1.82, 2.24) is 5.43 Å². The van der Waals surface area contributed by atoms with Gasteiger partial charge in [-0.3, -0.25) is 5.43 Å². The Morgan fingerprint density at radius 2 is 2.16 bits per heavy atom. The molecule has 0 saturated heterocycles. The molecule has 19 heavy (non-hydrogen) atoms. The molecule has 0 unspecified atom stereocenters. The summed E-state index contributed by atoms with van der Waals surface area (Å²) in [4.78, 5) is 0. The number of nitrogens with zero attached hydrogens (tertiary/aromatic N) is 2. The van der Waals surface area contributed by atoms with E-state index in [9.17, 15) is 0 Å². The van der Waals surface area contributed by atoms with E-state index in [4.69, 9.17) is 15.7 Å². The fourth-order valence-electron chi connectivity index (χ4n) is 1.32. The second kappa shape index (κ2) is 8.89. The maximum atomic E-state index is 8.39. The van der Waals surface area contributed by atoms with E-state index in [1.807, 2.05) is 24.3 Å². The highest BCUT2D eigenvalue weighted by Gasteiger charge is 1.94. The lowest BCUT2D eigenvalue weighted by Gasteiger charge is -2.05. The van der Waals surface area contributed by atoms with Crippen LogP contribution in [0, 0.1) is 11.3 Å². The molecule has 0 aromatic heterocycles. The minimum atomic E-state index is 0.133. The number of hydrogen-bond donors (Lipinski definition) is 2. The molecule has 0 heterocycles. The van der Waals surface area contributed by atoms with Crippen molar-refractivity contribution >= 4 is 23.5 Å². The third-order valence-corrected chi connectivity index (χ3v) is 2.31. The van der Waals surface area contributed by atoms with Crippen molar-refractivity contribution in [3.63, 3.8) is 0 Å². The molecule has 0 atom stereocenters. The fraction of sp³-hybridized carbons (Fsp3) is 0.308. The molecule has 0 saturated carbocycles. The highest BCUT2D eigenvalue weighted by Crippen LogP contribution is 2.11. The Labute approximate surface area is 118 Å². The van der Waals surface area contributed by atoms with Crippen LogP contribution in [-0.4, -0.2) is 17.9 Å². The van der Waals surface area contributed by atoms with Gasteiger partial charge in [-0.2, -0.15) is 10.4 Å². The molecule has 0 fully saturated rings. The summed E-state index contributed by atoms with van der Waals surface area (Å²) in [5.41, 5.74) is 8.64. The molecule has 100 valence electrons. The second-order valence-corrected chi connectivity index (χ2v) is 4.21. The van der Waals surface area contributed by atoms with E-state index in [1.165, 1.54) is 0 Å². The van der Waals surface area contributed by atoms with Crippen LogP contribution in [0.3, 0.4) is 0 Å². The Balaban J connectivity index is 2.33. The number of nitrogens with one attached hydrogen (secondary N) is 1. The van der Waals surface area contributed by atoms with Gasteiger partial charge in [-0.25, -0.2) is 0 Å². The summed E-state index contributed by atoms with van der Waals surface area (Å²) in [7, 11) is 0. The molecule has 3 N–H and O–H groups in total. The first-order valence-electron chi connectivity index (χ1n) is 5.90. The number of nitriles is 1. The van der Waals surface area contributed by atoms with Gasteiger partial charge in [0.1, 0.15) is 5.75 Å². The predicted octanol–water partition coefficient (Wildman–Crippen LogP) is 1.93. The average Bonchev–Trinajstić information content (AvgIpc) is 2.40. The van der Waals surface area contributed by atoms with Crippen molar-refractivity contribution < 1.29 is 4.74 Å². The van der Waals surface area contributed by atoms with Gasteiger partial charge in [-0.05, 0) is 54.9 Å². The maximum Gasteiger partial charge on any atom is 0.184 e. The van der Waals surface area contributed by atoms with Crippen LogP contribution < -0.4 is 15.9 Å². The molecule has 0 bridgehead atoms. The number of rotatable bonds is 7. The van der Waals surface area contributed by atoms with Gasteiger partial charge >= 0.3 is 0 Å². The molecule has 1 aromatic carbocycles. The summed E-state index contributed by atoms with van der Waals surface area (Å²) in [6.45, 7) is 0.623. The Hall–Kier alpha value is -2.13. The molecule has 0 aliphatic heterocycles. The van der Waals surface area contributed by atoms with E-state index in [2.05, 4.69) is 28.8 Å². The molecule has 0 radical (unpaired) electrons. The maximum absolute atomic E-state index is 8.39. The van der Waals surface area contributed by atoms with Gasteiger partial charge in [0.2, 0.25) is 0 Å². The molecule has 0 amide bonds. The average molecular weight is 276 g/mol. The van der Waals surface area contributed by atoms with Gasteiger partial charge in [0.15, 0.2) is 5.11 Å². The minimum absolute atomic E-state index is 0.133. The van der Waals surface area contributed by atoms with Crippen molar-refractivity contribution in [2.75, 3.05) is 6.61 Å². The molecule has 5 nitrogen and oxygen atoms in total. The number of thiocarbonyl (C=S) groups is 1. The standard InChI is InChI=1S/C13H16N4OS/c14-8-2-1-3-9-18-12-6-4-11(5-7-12)10-16-17-13(15)19/h4-7,10H,1-3,9H2,(H3,15,17,19). The number of ether oxygens (including phenoxy) is 1. The van der Waals surface area contributed by atoms with Crippen LogP contribution in [0.4, 0.5) is 0 Å². The van der Waals surface area contributed by atoms with Crippen LogP contribution in [-0.2, 0) is 0 Å². The molecule has 0 aliphatic rings. The van der Waals surface area contributed by atoms with Gasteiger partial charge in [0, 0.05) is 6.42 Å². The molecular formula is C13H16N4OS. The number of hydrogen-bond acceptors (Lipinski definition) is 4. The molecule has 6 heteroatoms. The van der Waals surface area contributed by atoms with Gasteiger partial charge in [0.05, 0.1) is 18.9 Å². The quantitative estimate of drug-likeness (QED) is 0.344. The van der Waals surface area contributed by atoms with Crippen LogP contribution >= 0.6 is 12.2 Å². The van der Waals surface area contributed by atoms with Crippen molar-refractivity contribution in [3.05, 3.63) is 29.8 Å². The topological polar surface area (TPSA) is 83.4 Å². The number of unbranched alkanes of at least 4 members (excludes halogenated alkanes) is 2. The first-order chi connectivity index (χ1) is 9.22. The third-order valence-electron chi connectivity index (χ3n) is 2.22. The van der Waals surface area contributed by atoms with Gasteiger partial charge in [-0.1, -0.05) is 0 Å². The van der Waals surface area contributed by atoms with E-state index in [0.29, 0.717) is 13.0 Å². The smallest absolute Gasteiger partial charge is 0.184 e. The zero-order valence-electron chi connectivity index (χ0n) is 10.5. The first kappa shape index (κ1) is 14.9. The summed E-state index contributed by atoms with van der Waals surface area (Å²) >= 11 is 4.62. The number of benzene rings is 1. The van der Waals surface area contributed by atoms with Crippen molar-refractivity contribution in [1.29, 1.82) is 5.26 Å². The summed E-state index contributed by atoms with van der Waals surface area (Å²) < 4.78 is 5.54. The molecule has 1 rings (SSSR count). The van der Waals surface area contributed by atoms with Crippen molar-refractivity contribution in [3.8, 4) is 11.8 Å². The molecule has 0 spiro atoms. The highest BCUT2D eigenvalue weighted by molar-refractivity contribution is 7.80. The van der Waals surface area contributed by atoms with Crippen molar-refractivity contribution in [2.24, 2.45) is 10.8 Å². The van der Waals surface area contributed by atoms with E-state index < -0.39 is 0 Å². The van der Waals surface area contributed by atoms with E-state index >= 15 is 0 Å². The van der Waals surface area contributed by atoms with Crippen molar-refractivity contribution in [2.45, 2.75) is 19.3 Å². The lowest BCUT2D eigenvalue weighted by Crippen LogP contribution is -2.23. The summed E-state index contributed by atoms with van der Waals surface area (Å²) in [5.74, 6) is 0.802. The largest absolute Gasteiger partial charge is 0.494 e. The Bertz CT molecular complexity index is 465. The second-order valence-electron chi connectivity index (χ2n) is 3.77. The van der Waals surface area contributed by atoms with E-state index in [1.54, 1.807) is 6.21 Å². The lowest BCUT2D eigenvalue weighted by molar-refractivity contribution is 0.307. The zero-order valence-corrected chi connectivity index (χ0v) is 11.3. The van der Waals surface area contributed by atoms with Crippen LogP contribution in [0.25, 0.3) is 0 Å². The van der Waals surface area contributed by atoms with Gasteiger partial charge < -0.3 is 10.5 Å². The minimum Gasteiger partial charge on any atom is -0.494 e. The Morgan fingerprint density at radius 1 is 1.42 bits per heavy atom. The van der Waals surface area contributed by atoms with E-state index in [0.717, 1.165) is 24.2 Å². The fourth-order valence-corrected chi connectivity index (χ4v) is 1.37. The van der Waals surface area contributed by atoms with Crippen LogP contribution in [0.15, 0.2) is 29.4 Å². The summed E-state index contributed by atoms with van der Waals surface area (Å²) in [6, 6.07) is 9.61. The summed E-state index contributed by atoms with van der Waals surface area (Å²) in [6.07, 6.45) is 3.95. The molecule has 0 aliphatic carbocycles. The SMILES string of the molecule is N#CCCCCOc1ccc(C=NNC(N)=S)cc1. The third kappa shape index (κ3) is 7.01. The van der Waals surface area contributed by atoms with Gasteiger partial charge in [-0.15, -0.1) is 0 Å². The highest BCUT2D eigenvalue weighted by atomic mass is 32.1.